The largest absolute Gasteiger partial charge is 0.375 e. The minimum atomic E-state index is -0.338. The Balaban J connectivity index is 1.95. The van der Waals surface area contributed by atoms with Gasteiger partial charge in [0.2, 0.25) is 5.91 Å². The van der Waals surface area contributed by atoms with Crippen LogP contribution in [0.3, 0.4) is 0 Å². The van der Waals surface area contributed by atoms with Gasteiger partial charge < -0.3 is 9.64 Å². The van der Waals surface area contributed by atoms with Gasteiger partial charge in [-0.05, 0) is 44.4 Å². The normalized spacial score (nSPS) is 27.9. The first kappa shape index (κ1) is 16.0. The summed E-state index contributed by atoms with van der Waals surface area (Å²) in [6.07, 6.45) is 4.31. The minimum Gasteiger partial charge on any atom is -0.375 e. The molecule has 3 rings (SSSR count). The van der Waals surface area contributed by atoms with E-state index in [-0.39, 0.29) is 17.6 Å². The summed E-state index contributed by atoms with van der Waals surface area (Å²) < 4.78 is 6.74. The van der Waals surface area contributed by atoms with E-state index < -0.39 is 0 Å². The van der Waals surface area contributed by atoms with Gasteiger partial charge in [0, 0.05) is 11.0 Å². The summed E-state index contributed by atoms with van der Waals surface area (Å²) in [5, 5.41) is 0. The van der Waals surface area contributed by atoms with Crippen molar-refractivity contribution in [2.45, 2.75) is 57.1 Å². The molecule has 2 unspecified atom stereocenters. The molecule has 120 valence electrons. The molecule has 0 bridgehead atoms. The fourth-order valence-corrected chi connectivity index (χ4v) is 4.25. The van der Waals surface area contributed by atoms with Crippen LogP contribution in [0.4, 0.5) is 0 Å². The molecular weight excluding hydrogens is 342 g/mol. The fraction of sp³-hybridized carbons (Fsp3) is 0.611. The third kappa shape index (κ3) is 2.83. The Labute approximate surface area is 141 Å². The van der Waals surface area contributed by atoms with Crippen LogP contribution < -0.4 is 0 Å². The predicted molar refractivity (Wildman–Crippen MR) is 90.9 cm³/mol. The molecular formula is C18H24BrNO2. The van der Waals surface area contributed by atoms with Crippen molar-refractivity contribution in [1.29, 1.82) is 0 Å². The number of rotatable bonds is 2. The van der Waals surface area contributed by atoms with Crippen molar-refractivity contribution in [1.82, 2.24) is 4.90 Å². The van der Waals surface area contributed by atoms with Crippen LogP contribution >= 0.6 is 15.9 Å². The van der Waals surface area contributed by atoms with Crippen LogP contribution in [0.15, 0.2) is 28.7 Å². The molecule has 1 aromatic rings. The number of carbonyl (C=O) groups excluding carboxylic acids is 1. The fourth-order valence-electron chi connectivity index (χ4n) is 3.85. The summed E-state index contributed by atoms with van der Waals surface area (Å²) >= 11 is 3.56. The maximum atomic E-state index is 13.4. The summed E-state index contributed by atoms with van der Waals surface area (Å²) in [5.41, 5.74) is 0.825. The molecule has 4 heteroatoms. The number of carbonyl (C=O) groups is 1. The second kappa shape index (κ2) is 6.32. The summed E-state index contributed by atoms with van der Waals surface area (Å²) in [4.78, 5) is 15.5. The first-order chi connectivity index (χ1) is 10.5. The Bertz CT molecular complexity index is 554. The number of amides is 1. The Kier molecular flexibility index (Phi) is 4.60. The van der Waals surface area contributed by atoms with Crippen LogP contribution in [0.25, 0.3) is 0 Å². The van der Waals surface area contributed by atoms with E-state index in [2.05, 4.69) is 39.9 Å². The van der Waals surface area contributed by atoms with Gasteiger partial charge in [-0.3, -0.25) is 4.79 Å². The lowest BCUT2D eigenvalue weighted by molar-refractivity contribution is -0.149. The number of morpholine rings is 1. The molecule has 0 radical (unpaired) electrons. The Morgan fingerprint density at radius 1 is 1.32 bits per heavy atom. The third-order valence-electron chi connectivity index (χ3n) is 5.11. The van der Waals surface area contributed by atoms with Gasteiger partial charge in [-0.1, -0.05) is 40.9 Å². The number of hydrogen-bond donors (Lipinski definition) is 0. The second-order valence-corrected chi connectivity index (χ2v) is 7.67. The van der Waals surface area contributed by atoms with Gasteiger partial charge in [-0.25, -0.2) is 0 Å². The van der Waals surface area contributed by atoms with Crippen molar-refractivity contribution in [3.63, 3.8) is 0 Å². The molecule has 2 aliphatic rings. The minimum absolute atomic E-state index is 0.126. The molecule has 1 heterocycles. The molecule has 1 saturated carbocycles. The van der Waals surface area contributed by atoms with Crippen LogP contribution in [-0.4, -0.2) is 36.1 Å². The van der Waals surface area contributed by atoms with E-state index in [0.717, 1.165) is 35.7 Å². The van der Waals surface area contributed by atoms with Crippen molar-refractivity contribution in [2.24, 2.45) is 0 Å². The van der Waals surface area contributed by atoms with E-state index in [0.29, 0.717) is 19.1 Å². The molecule has 1 amide bonds. The standard InChI is InChI=1S/C18H24BrNO2/c1-13-12-22-14(2)11-20(13)17(21)18(8-3-4-9-18)15-6-5-7-16(19)10-15/h5-7,10,13-14H,3-4,8-9,11-12H2,1-2H3. The number of hydrogen-bond acceptors (Lipinski definition) is 2. The zero-order valence-electron chi connectivity index (χ0n) is 13.3. The van der Waals surface area contributed by atoms with Crippen LogP contribution in [0.1, 0.15) is 45.1 Å². The second-order valence-electron chi connectivity index (χ2n) is 6.75. The Morgan fingerprint density at radius 2 is 2.05 bits per heavy atom. The molecule has 1 aliphatic carbocycles. The summed E-state index contributed by atoms with van der Waals surface area (Å²) in [5.74, 6) is 0.297. The Morgan fingerprint density at radius 3 is 2.73 bits per heavy atom. The summed E-state index contributed by atoms with van der Waals surface area (Å²) in [7, 11) is 0. The van der Waals surface area contributed by atoms with Gasteiger partial charge in [0.15, 0.2) is 0 Å². The molecule has 0 N–H and O–H groups in total. The van der Waals surface area contributed by atoms with E-state index in [1.807, 2.05) is 19.1 Å². The molecule has 1 aromatic carbocycles. The lowest BCUT2D eigenvalue weighted by Crippen LogP contribution is -2.55. The third-order valence-corrected chi connectivity index (χ3v) is 5.61. The highest BCUT2D eigenvalue weighted by Gasteiger charge is 2.46. The van der Waals surface area contributed by atoms with E-state index in [1.54, 1.807) is 0 Å². The van der Waals surface area contributed by atoms with Crippen LogP contribution in [0.5, 0.6) is 0 Å². The molecule has 22 heavy (non-hydrogen) atoms. The monoisotopic (exact) mass is 365 g/mol. The number of benzene rings is 1. The topological polar surface area (TPSA) is 29.5 Å². The SMILES string of the molecule is CC1CN(C(=O)C2(c3cccc(Br)c3)CCCC2)C(C)CO1. The van der Waals surface area contributed by atoms with Gasteiger partial charge in [0.1, 0.15) is 0 Å². The first-order valence-corrected chi connectivity index (χ1v) is 9.01. The maximum Gasteiger partial charge on any atom is 0.233 e. The lowest BCUT2D eigenvalue weighted by Gasteiger charge is -2.42. The van der Waals surface area contributed by atoms with Crippen LogP contribution in [0, 0.1) is 0 Å². The molecule has 2 fully saturated rings. The summed E-state index contributed by atoms with van der Waals surface area (Å²) in [6.45, 7) is 5.48. The van der Waals surface area contributed by atoms with Gasteiger partial charge >= 0.3 is 0 Å². The quantitative estimate of drug-likeness (QED) is 0.795. The van der Waals surface area contributed by atoms with Gasteiger partial charge in [-0.2, -0.15) is 0 Å². The Hall–Kier alpha value is -0.870. The van der Waals surface area contributed by atoms with E-state index in [4.69, 9.17) is 4.74 Å². The van der Waals surface area contributed by atoms with Gasteiger partial charge in [-0.15, -0.1) is 0 Å². The number of nitrogens with zero attached hydrogens (tertiary/aromatic N) is 1. The molecule has 3 nitrogen and oxygen atoms in total. The predicted octanol–water partition coefficient (Wildman–Crippen LogP) is 3.90. The highest BCUT2D eigenvalue weighted by Crippen LogP contribution is 2.43. The molecule has 2 atom stereocenters. The van der Waals surface area contributed by atoms with Crippen LogP contribution in [-0.2, 0) is 14.9 Å². The van der Waals surface area contributed by atoms with E-state index in [1.165, 1.54) is 0 Å². The first-order valence-electron chi connectivity index (χ1n) is 8.22. The maximum absolute atomic E-state index is 13.4. The van der Waals surface area contributed by atoms with E-state index >= 15 is 0 Å². The van der Waals surface area contributed by atoms with Crippen molar-refractivity contribution < 1.29 is 9.53 Å². The molecule has 1 saturated heterocycles. The van der Waals surface area contributed by atoms with Crippen molar-refractivity contribution in [2.75, 3.05) is 13.2 Å². The average molecular weight is 366 g/mol. The zero-order chi connectivity index (χ0) is 15.7. The highest BCUT2D eigenvalue weighted by molar-refractivity contribution is 9.10. The van der Waals surface area contributed by atoms with E-state index in [9.17, 15) is 4.79 Å². The molecule has 0 spiro atoms. The van der Waals surface area contributed by atoms with Crippen molar-refractivity contribution in [3.8, 4) is 0 Å². The van der Waals surface area contributed by atoms with Crippen molar-refractivity contribution in [3.05, 3.63) is 34.3 Å². The highest BCUT2D eigenvalue weighted by atomic mass is 79.9. The zero-order valence-corrected chi connectivity index (χ0v) is 14.9. The van der Waals surface area contributed by atoms with Gasteiger partial charge in [0.25, 0.3) is 0 Å². The number of halogens is 1. The average Bonchev–Trinajstić information content (AvgIpc) is 3.00. The lowest BCUT2D eigenvalue weighted by atomic mass is 9.77. The van der Waals surface area contributed by atoms with Crippen LogP contribution in [0.2, 0.25) is 0 Å². The smallest absolute Gasteiger partial charge is 0.233 e. The summed E-state index contributed by atoms with van der Waals surface area (Å²) in [6, 6.07) is 8.46. The number of ether oxygens (including phenoxy) is 1. The molecule has 1 aliphatic heterocycles. The molecule has 0 aromatic heterocycles. The van der Waals surface area contributed by atoms with Gasteiger partial charge in [0.05, 0.1) is 24.2 Å². The van der Waals surface area contributed by atoms with Crippen molar-refractivity contribution >= 4 is 21.8 Å².